The van der Waals surface area contributed by atoms with Crippen LogP contribution in [0.25, 0.3) is 0 Å². The van der Waals surface area contributed by atoms with E-state index in [4.69, 9.17) is 15.1 Å². The number of aromatic carboxylic acids is 1. The number of carbonyl (C=O) groups is 3. The van der Waals surface area contributed by atoms with Gasteiger partial charge in [-0.2, -0.15) is 0 Å². The first kappa shape index (κ1) is 30.4. The molecule has 180 valence electrons. The molecule has 0 spiro atoms. The van der Waals surface area contributed by atoms with Gasteiger partial charge in [-0.25, -0.2) is 0 Å². The van der Waals surface area contributed by atoms with Crippen molar-refractivity contribution in [2.75, 3.05) is 33.2 Å². The van der Waals surface area contributed by atoms with Gasteiger partial charge in [0.15, 0.2) is 0 Å². The summed E-state index contributed by atoms with van der Waals surface area (Å²) >= 11 is 0. The number of likely N-dealkylation sites (N-methyl/N-ethyl adjacent to an activating group) is 1. The van der Waals surface area contributed by atoms with Gasteiger partial charge in [0.2, 0.25) is 11.8 Å². The monoisotopic (exact) mass is 508 g/mol. The van der Waals surface area contributed by atoms with Crippen molar-refractivity contribution in [1.82, 2.24) is 15.5 Å². The number of likely N-dealkylation sites (tertiary alicyclic amines) is 1. The minimum absolute atomic E-state index is 0. The Morgan fingerprint density at radius 3 is 2.57 bits per heavy atom. The summed E-state index contributed by atoms with van der Waals surface area (Å²) in [6, 6.07) is 3.21. The maximum absolute atomic E-state index is 12.3. The van der Waals surface area contributed by atoms with E-state index in [1.807, 2.05) is 4.90 Å². The summed E-state index contributed by atoms with van der Waals surface area (Å²) in [5, 5.41) is 36.9. The smallest absolute Gasteiger partial charge is 0.669 e. The summed E-state index contributed by atoms with van der Waals surface area (Å²) < 4.78 is 11.1. The zero-order valence-electron chi connectivity index (χ0n) is 20.4. The molecule has 4 rings (SSSR count). The van der Waals surface area contributed by atoms with E-state index in [9.17, 15) is 29.5 Å². The van der Waals surface area contributed by atoms with Crippen LogP contribution in [0.4, 0.5) is 0 Å². The first-order chi connectivity index (χ1) is 15.4. The normalized spacial score (nSPS) is 23.3. The first-order valence-electron chi connectivity index (χ1n) is 10.8. The van der Waals surface area contributed by atoms with Gasteiger partial charge in [-0.05, 0) is 24.5 Å². The van der Waals surface area contributed by atoms with Crippen molar-refractivity contribution in [2.45, 2.75) is 36.7 Å². The maximum Gasteiger partial charge on any atom is 1.00 e. The molecule has 2 heterocycles. The molecule has 1 saturated carbocycles. The van der Waals surface area contributed by atoms with Crippen molar-refractivity contribution < 1.29 is 98.0 Å². The van der Waals surface area contributed by atoms with Crippen LogP contribution in [0.1, 0.15) is 35.2 Å². The number of hydrogen-bond donors (Lipinski definition) is 5. The Kier molecular flexibility index (Phi) is 9.76. The number of nitrogens with one attached hydrogen (secondary N) is 2. The number of carbonyl (C=O) groups excluding carboxylic acids is 3. The van der Waals surface area contributed by atoms with Crippen LogP contribution in [0.3, 0.4) is 0 Å². The number of nitrogens with zero attached hydrogens (tertiary/aromatic N) is 1. The molecule has 2 aliphatic heterocycles. The number of ether oxygens (including phenoxy) is 1. The molecule has 1 saturated heterocycles. The van der Waals surface area contributed by atoms with Gasteiger partial charge in [0.05, 0.1) is 23.8 Å². The topological polar surface area (TPSA) is 187 Å². The van der Waals surface area contributed by atoms with E-state index in [0.717, 1.165) is 0 Å². The van der Waals surface area contributed by atoms with E-state index in [-0.39, 0.29) is 107 Å². The summed E-state index contributed by atoms with van der Waals surface area (Å²) in [6.45, 7) is -0.780. The largest absolute Gasteiger partial charge is 1.00 e. The molecule has 0 bridgehead atoms. The second-order valence-corrected chi connectivity index (χ2v) is 9.24. The number of hydrogen-bond acceptors (Lipinski definition) is 10. The third kappa shape index (κ3) is 6.35. The van der Waals surface area contributed by atoms with Crippen LogP contribution in [0.2, 0.25) is 5.82 Å². The summed E-state index contributed by atoms with van der Waals surface area (Å²) in [7, 11) is 1.46. The van der Waals surface area contributed by atoms with Crippen molar-refractivity contribution in [2.24, 2.45) is 5.73 Å². The second-order valence-electron chi connectivity index (χ2n) is 9.24. The van der Waals surface area contributed by atoms with Gasteiger partial charge in [0.1, 0.15) is 17.4 Å². The molecular weight excluding hydrogens is 481 g/mol. The van der Waals surface area contributed by atoms with Gasteiger partial charge in [0, 0.05) is 26.7 Å². The fourth-order valence-corrected chi connectivity index (χ4v) is 4.50. The van der Waals surface area contributed by atoms with Gasteiger partial charge in [0.25, 0.3) is 0 Å². The number of fused-ring (bicyclic) bond motifs is 3. The average Bonchev–Trinajstić information content (AvgIpc) is 3.51. The standard InChI is InChI=1S/C20H28BN4O8.2Na/c1-20(22,19(29)24-6-15(26)23-2)9-25-7-10(8-25)32-14-4-3-11-12-5-13(12)21(30,31)33-17(11)16(14)18(27)28;;/h3-4,10,12-13,30-31H,5-9,22H2,1-2H3,(H,23,26)(H,24,29)(H,27,28);;/q-1;2*+1/p-1/t12-,13-,20-;;/m1../s1. The third-order valence-electron chi connectivity index (χ3n) is 6.42. The molecule has 2 fully saturated rings. The van der Waals surface area contributed by atoms with Crippen molar-refractivity contribution >= 4 is 24.5 Å². The van der Waals surface area contributed by atoms with Crippen LogP contribution in [0.5, 0.6) is 11.5 Å². The fourth-order valence-electron chi connectivity index (χ4n) is 4.50. The van der Waals surface area contributed by atoms with E-state index in [1.54, 1.807) is 13.0 Å². The van der Waals surface area contributed by atoms with E-state index in [1.165, 1.54) is 13.1 Å². The molecule has 35 heavy (non-hydrogen) atoms. The van der Waals surface area contributed by atoms with Crippen molar-refractivity contribution in [3.63, 3.8) is 0 Å². The molecule has 0 unspecified atom stereocenters. The van der Waals surface area contributed by atoms with Gasteiger partial charge >= 0.3 is 65.9 Å². The molecule has 1 aliphatic carbocycles. The zero-order chi connectivity index (χ0) is 24.1. The van der Waals surface area contributed by atoms with E-state index in [0.29, 0.717) is 25.1 Å². The maximum atomic E-state index is 12.3. The molecule has 15 heteroatoms. The molecule has 1 aromatic carbocycles. The zero-order valence-corrected chi connectivity index (χ0v) is 24.4. The van der Waals surface area contributed by atoms with Crippen LogP contribution >= 0.6 is 0 Å². The van der Waals surface area contributed by atoms with Crippen molar-refractivity contribution in [3.8, 4) is 11.5 Å². The number of nitrogens with two attached hydrogens (primary N) is 1. The quantitative estimate of drug-likeness (QED) is 0.211. The van der Waals surface area contributed by atoms with Crippen molar-refractivity contribution in [1.29, 1.82) is 0 Å². The first-order valence-corrected chi connectivity index (χ1v) is 10.8. The van der Waals surface area contributed by atoms with Crippen LogP contribution < -0.4 is 90.0 Å². The third-order valence-corrected chi connectivity index (χ3v) is 6.42. The van der Waals surface area contributed by atoms with E-state index >= 15 is 0 Å². The van der Waals surface area contributed by atoms with Gasteiger partial charge in [-0.15, -0.1) is 0 Å². The van der Waals surface area contributed by atoms with Gasteiger partial charge in [-0.3, -0.25) is 14.5 Å². The van der Waals surface area contributed by atoms with Crippen LogP contribution in [-0.4, -0.2) is 84.4 Å². The predicted octanol–water partition coefficient (Wildman–Crippen LogP) is -9.13. The molecule has 1 aromatic rings. The Labute approximate surface area is 246 Å². The Morgan fingerprint density at radius 2 is 1.97 bits per heavy atom. The van der Waals surface area contributed by atoms with E-state index < -0.39 is 30.0 Å². The molecule has 12 nitrogen and oxygen atoms in total. The molecule has 3 aliphatic rings. The number of amides is 2. The summed E-state index contributed by atoms with van der Waals surface area (Å²) in [4.78, 5) is 37.3. The summed E-state index contributed by atoms with van der Waals surface area (Å²) in [5.41, 5.74) is 5.11. The minimum atomic E-state index is -3.14. The Hall–Kier alpha value is -0.865. The summed E-state index contributed by atoms with van der Waals surface area (Å²) in [6.07, 6.45) is 0.139. The molecule has 6 N–H and O–H groups in total. The van der Waals surface area contributed by atoms with E-state index in [2.05, 4.69) is 10.6 Å². The number of carboxylic acids is 1. The summed E-state index contributed by atoms with van der Waals surface area (Å²) in [5.74, 6) is -3.04. The van der Waals surface area contributed by atoms with Crippen molar-refractivity contribution in [3.05, 3.63) is 23.3 Å². The molecule has 0 radical (unpaired) electrons. The minimum Gasteiger partial charge on any atom is -0.669 e. The number of rotatable bonds is 8. The van der Waals surface area contributed by atoms with Gasteiger partial charge in [-0.1, -0.05) is 18.3 Å². The number of benzene rings is 1. The molecular formula is C20H27BN4Na2O8. The Morgan fingerprint density at radius 1 is 1.31 bits per heavy atom. The van der Waals surface area contributed by atoms with Crippen LogP contribution in [0, 0.1) is 0 Å². The van der Waals surface area contributed by atoms with Crippen LogP contribution in [-0.2, 0) is 9.59 Å². The van der Waals surface area contributed by atoms with Gasteiger partial charge < -0.3 is 45.7 Å². The Balaban J connectivity index is 0.00000216. The fraction of sp³-hybridized carbons (Fsp3) is 0.550. The number of carboxylic acid groups (broad SMARTS) is 1. The van der Waals surface area contributed by atoms with Crippen LogP contribution in [0.15, 0.2) is 12.1 Å². The SMILES string of the molecule is CNC(=O)CNC(=O)[C@](C)(N)CN1CC(Oc2ccc3c(c2C(=O)[O-])O[B-](O)(O)[C@@H]2C[C@H]32)C1.[Na+].[Na+]. The second kappa shape index (κ2) is 11.3. The molecule has 0 aromatic heterocycles. The average molecular weight is 508 g/mol. The molecule has 2 amide bonds. The Bertz CT molecular complexity index is 1010. The predicted molar refractivity (Wildman–Crippen MR) is 113 cm³/mol. The molecule has 3 atom stereocenters.